The molecule has 0 saturated heterocycles. The highest BCUT2D eigenvalue weighted by molar-refractivity contribution is 5.02. The van der Waals surface area contributed by atoms with Gasteiger partial charge in [-0.25, -0.2) is 0 Å². The van der Waals surface area contributed by atoms with Crippen LogP contribution in [0.4, 0.5) is 0 Å². The number of hydrogen-bond donors (Lipinski definition) is 2. The average Bonchev–Trinajstić information content (AvgIpc) is 2.80. The summed E-state index contributed by atoms with van der Waals surface area (Å²) in [6.45, 7) is 11.2. The summed E-state index contributed by atoms with van der Waals surface area (Å²) in [4.78, 5) is 2.42. The van der Waals surface area contributed by atoms with Crippen molar-refractivity contribution in [1.82, 2.24) is 10.2 Å². The minimum Gasteiger partial charge on any atom is -0.467 e. The van der Waals surface area contributed by atoms with Crippen molar-refractivity contribution in [3.8, 4) is 0 Å². The van der Waals surface area contributed by atoms with Gasteiger partial charge in [-0.15, -0.1) is 0 Å². The number of nitrogens with zero attached hydrogens (tertiary/aromatic N) is 1. The Hall–Kier alpha value is -0.840. The highest BCUT2D eigenvalue weighted by atomic mass is 16.4. The fourth-order valence-electron chi connectivity index (χ4n) is 2.14. The van der Waals surface area contributed by atoms with Gasteiger partial charge >= 0.3 is 0 Å². The third-order valence-corrected chi connectivity index (χ3v) is 3.08. The maximum absolute atomic E-state index is 9.82. The van der Waals surface area contributed by atoms with Crippen molar-refractivity contribution in [2.24, 2.45) is 0 Å². The van der Waals surface area contributed by atoms with Gasteiger partial charge in [-0.2, -0.15) is 0 Å². The van der Waals surface area contributed by atoms with Crippen LogP contribution in [0.5, 0.6) is 0 Å². The van der Waals surface area contributed by atoms with Crippen molar-refractivity contribution in [3.63, 3.8) is 0 Å². The highest BCUT2D eigenvalue weighted by Gasteiger charge is 2.13. The van der Waals surface area contributed by atoms with Gasteiger partial charge in [0.1, 0.15) is 11.9 Å². The smallest absolute Gasteiger partial charge is 0.133 e. The zero-order valence-corrected chi connectivity index (χ0v) is 11.9. The van der Waals surface area contributed by atoms with E-state index in [0.717, 1.165) is 13.1 Å². The first-order valence-electron chi connectivity index (χ1n) is 6.70. The molecule has 1 aromatic heterocycles. The third-order valence-electron chi connectivity index (χ3n) is 3.08. The summed E-state index contributed by atoms with van der Waals surface area (Å²) in [6, 6.07) is 4.67. The van der Waals surface area contributed by atoms with Crippen LogP contribution >= 0.6 is 0 Å². The molecule has 4 heteroatoms. The number of hydrogen-bond acceptors (Lipinski definition) is 4. The Labute approximate surface area is 110 Å². The third kappa shape index (κ3) is 4.80. The average molecular weight is 254 g/mol. The van der Waals surface area contributed by atoms with E-state index in [4.69, 9.17) is 4.42 Å². The van der Waals surface area contributed by atoms with Crippen molar-refractivity contribution in [3.05, 3.63) is 24.2 Å². The molecular formula is C14H26N2O2. The predicted molar refractivity (Wildman–Crippen MR) is 73.5 cm³/mol. The molecule has 18 heavy (non-hydrogen) atoms. The van der Waals surface area contributed by atoms with Gasteiger partial charge in [0.2, 0.25) is 0 Å². The normalized spacial score (nSPS) is 13.8. The number of aliphatic hydroxyl groups is 1. The number of furan rings is 1. The van der Waals surface area contributed by atoms with Crippen LogP contribution in [0.1, 0.15) is 39.6 Å². The second-order valence-electron chi connectivity index (χ2n) is 5.16. The summed E-state index contributed by atoms with van der Waals surface area (Å²) in [5.41, 5.74) is 0. The Kier molecular flexibility index (Phi) is 6.39. The molecule has 1 aromatic rings. The Bertz CT molecular complexity index is 302. The van der Waals surface area contributed by atoms with Gasteiger partial charge in [0.15, 0.2) is 0 Å². The summed E-state index contributed by atoms with van der Waals surface area (Å²) >= 11 is 0. The van der Waals surface area contributed by atoms with Crippen molar-refractivity contribution in [1.29, 1.82) is 0 Å². The fourth-order valence-corrected chi connectivity index (χ4v) is 2.14. The molecule has 0 aliphatic heterocycles. The molecule has 2 N–H and O–H groups in total. The van der Waals surface area contributed by atoms with Crippen LogP contribution in [0, 0.1) is 0 Å². The SMILES string of the molecule is CC(C)N(CCNCC(O)c1ccco1)C(C)C. The molecule has 0 aliphatic carbocycles. The number of rotatable bonds is 8. The minimum absolute atomic E-state index is 0.525. The summed E-state index contributed by atoms with van der Waals surface area (Å²) in [5, 5.41) is 13.1. The Balaban J connectivity index is 2.22. The maximum Gasteiger partial charge on any atom is 0.133 e. The second kappa shape index (κ2) is 7.56. The first-order valence-corrected chi connectivity index (χ1v) is 6.70. The van der Waals surface area contributed by atoms with Crippen LogP contribution in [0.25, 0.3) is 0 Å². The van der Waals surface area contributed by atoms with Crippen LogP contribution in [-0.4, -0.2) is 41.7 Å². The molecule has 4 nitrogen and oxygen atoms in total. The topological polar surface area (TPSA) is 48.6 Å². The van der Waals surface area contributed by atoms with Gasteiger partial charge in [0, 0.05) is 31.7 Å². The zero-order chi connectivity index (χ0) is 13.5. The zero-order valence-electron chi connectivity index (χ0n) is 11.9. The van der Waals surface area contributed by atoms with Crippen molar-refractivity contribution >= 4 is 0 Å². The van der Waals surface area contributed by atoms with E-state index in [0.29, 0.717) is 24.4 Å². The number of aliphatic hydroxyl groups excluding tert-OH is 1. The summed E-state index contributed by atoms with van der Waals surface area (Å²) in [7, 11) is 0. The number of nitrogens with one attached hydrogen (secondary N) is 1. The maximum atomic E-state index is 9.82. The Morgan fingerprint density at radius 3 is 2.44 bits per heavy atom. The predicted octanol–water partition coefficient (Wildman–Crippen LogP) is 2.02. The van der Waals surface area contributed by atoms with Gasteiger partial charge in [-0.3, -0.25) is 4.90 Å². The van der Waals surface area contributed by atoms with Gasteiger partial charge in [0.05, 0.1) is 6.26 Å². The first-order chi connectivity index (χ1) is 8.52. The van der Waals surface area contributed by atoms with Crippen molar-refractivity contribution in [2.75, 3.05) is 19.6 Å². The minimum atomic E-state index is -0.563. The molecule has 0 spiro atoms. The summed E-state index contributed by atoms with van der Waals surface area (Å²) in [5.74, 6) is 0.618. The standard InChI is InChI=1S/C14H26N2O2/c1-11(2)16(12(3)4)8-7-15-10-13(17)14-6-5-9-18-14/h5-6,9,11-13,15,17H,7-8,10H2,1-4H3. The van der Waals surface area contributed by atoms with E-state index in [2.05, 4.69) is 37.9 Å². The molecule has 1 heterocycles. The molecule has 0 saturated carbocycles. The van der Waals surface area contributed by atoms with Crippen LogP contribution in [0.3, 0.4) is 0 Å². The molecule has 1 unspecified atom stereocenters. The summed E-state index contributed by atoms with van der Waals surface area (Å²) in [6.07, 6.45) is 1.02. The lowest BCUT2D eigenvalue weighted by atomic mass is 10.2. The van der Waals surface area contributed by atoms with Crippen LogP contribution < -0.4 is 5.32 Å². The highest BCUT2D eigenvalue weighted by Crippen LogP contribution is 2.11. The molecule has 1 rings (SSSR count). The van der Waals surface area contributed by atoms with E-state index in [1.807, 2.05) is 0 Å². The monoisotopic (exact) mass is 254 g/mol. The molecule has 0 radical (unpaired) electrons. The lowest BCUT2D eigenvalue weighted by Crippen LogP contribution is -2.42. The van der Waals surface area contributed by atoms with E-state index in [9.17, 15) is 5.11 Å². The van der Waals surface area contributed by atoms with E-state index in [1.165, 1.54) is 0 Å². The molecule has 0 aliphatic rings. The van der Waals surface area contributed by atoms with E-state index in [1.54, 1.807) is 18.4 Å². The quantitative estimate of drug-likeness (QED) is 0.697. The first kappa shape index (κ1) is 15.2. The second-order valence-corrected chi connectivity index (χ2v) is 5.16. The molecule has 0 fully saturated rings. The lowest BCUT2D eigenvalue weighted by Gasteiger charge is -2.30. The lowest BCUT2D eigenvalue weighted by molar-refractivity contribution is 0.140. The molecule has 104 valence electrons. The van der Waals surface area contributed by atoms with Gasteiger partial charge < -0.3 is 14.8 Å². The van der Waals surface area contributed by atoms with Crippen LogP contribution in [0.2, 0.25) is 0 Å². The van der Waals surface area contributed by atoms with E-state index in [-0.39, 0.29) is 0 Å². The van der Waals surface area contributed by atoms with Crippen LogP contribution in [-0.2, 0) is 0 Å². The van der Waals surface area contributed by atoms with Gasteiger partial charge in [-0.1, -0.05) is 0 Å². The van der Waals surface area contributed by atoms with Gasteiger partial charge in [0.25, 0.3) is 0 Å². The van der Waals surface area contributed by atoms with Crippen molar-refractivity contribution < 1.29 is 9.52 Å². The Morgan fingerprint density at radius 2 is 1.94 bits per heavy atom. The molecule has 0 bridgehead atoms. The largest absolute Gasteiger partial charge is 0.467 e. The van der Waals surface area contributed by atoms with E-state index >= 15 is 0 Å². The molecule has 1 atom stereocenters. The molecule has 0 amide bonds. The molecule has 0 aromatic carbocycles. The Morgan fingerprint density at radius 1 is 1.28 bits per heavy atom. The van der Waals surface area contributed by atoms with Crippen molar-refractivity contribution in [2.45, 2.75) is 45.9 Å². The van der Waals surface area contributed by atoms with Gasteiger partial charge in [-0.05, 0) is 39.8 Å². The fraction of sp³-hybridized carbons (Fsp3) is 0.714. The van der Waals surface area contributed by atoms with E-state index < -0.39 is 6.10 Å². The van der Waals surface area contributed by atoms with Crippen LogP contribution in [0.15, 0.2) is 22.8 Å². The summed E-state index contributed by atoms with van der Waals surface area (Å²) < 4.78 is 5.15. The molecular weight excluding hydrogens is 228 g/mol.